The van der Waals surface area contributed by atoms with E-state index < -0.39 is 5.72 Å². The largest absolute Gasteiger partial charge is 0.366 e. The molecule has 1 N–H and O–H groups in total. The Morgan fingerprint density at radius 3 is 2.79 bits per heavy atom. The van der Waals surface area contributed by atoms with Crippen LogP contribution in [-0.4, -0.2) is 20.4 Å². The fraction of sp³-hybridized carbons (Fsp3) is 0.231. The van der Waals surface area contributed by atoms with Crippen LogP contribution in [0.1, 0.15) is 11.3 Å². The van der Waals surface area contributed by atoms with Gasteiger partial charge in [0, 0.05) is 17.3 Å². The molecule has 2 aromatic rings. The predicted octanol–water partition coefficient (Wildman–Crippen LogP) is 1.49. The molecule has 0 saturated carbocycles. The van der Waals surface area contributed by atoms with Crippen LogP contribution < -0.4 is 5.56 Å². The summed E-state index contributed by atoms with van der Waals surface area (Å²) in [7, 11) is 0. The molecular formula is C13H11FN2O2S. The van der Waals surface area contributed by atoms with Crippen LogP contribution in [0.5, 0.6) is 0 Å². The van der Waals surface area contributed by atoms with E-state index in [-0.39, 0.29) is 17.1 Å². The van der Waals surface area contributed by atoms with Gasteiger partial charge in [-0.2, -0.15) is 0 Å². The average molecular weight is 278 g/mol. The Balaban J connectivity index is 2.20. The van der Waals surface area contributed by atoms with Crippen molar-refractivity contribution in [2.75, 3.05) is 5.75 Å². The maximum Gasteiger partial charge on any atom is 0.257 e. The molecule has 2 heterocycles. The second-order valence-electron chi connectivity index (χ2n) is 4.47. The highest BCUT2D eigenvalue weighted by Gasteiger charge is 2.40. The standard InChI is InChI=1S/C13H11FN2O2S/c1-8-6-11(17)16-12(15-8)19-7-13(16,18)9-2-4-10(14)5-3-9/h2-6,18H,7H2,1H3. The Kier molecular flexibility index (Phi) is 2.72. The van der Waals surface area contributed by atoms with E-state index in [0.29, 0.717) is 16.4 Å². The molecule has 1 aliphatic heterocycles. The molecule has 3 rings (SSSR count). The summed E-state index contributed by atoms with van der Waals surface area (Å²) in [5, 5.41) is 11.2. The molecule has 6 heteroatoms. The van der Waals surface area contributed by atoms with Crippen LogP contribution in [0.15, 0.2) is 40.3 Å². The van der Waals surface area contributed by atoms with Crippen LogP contribution >= 0.6 is 11.8 Å². The van der Waals surface area contributed by atoms with E-state index >= 15 is 0 Å². The lowest BCUT2D eigenvalue weighted by atomic mass is 10.0. The van der Waals surface area contributed by atoms with Gasteiger partial charge in [-0.05, 0) is 19.1 Å². The van der Waals surface area contributed by atoms with Crippen LogP contribution in [0.25, 0.3) is 0 Å². The Labute approximate surface area is 112 Å². The van der Waals surface area contributed by atoms with Gasteiger partial charge in [0.1, 0.15) is 5.82 Å². The maximum absolute atomic E-state index is 13.0. The van der Waals surface area contributed by atoms with Gasteiger partial charge in [-0.15, -0.1) is 0 Å². The number of nitrogens with zero attached hydrogens (tertiary/aromatic N) is 2. The van der Waals surface area contributed by atoms with Gasteiger partial charge in [-0.3, -0.25) is 9.36 Å². The minimum atomic E-state index is -1.47. The normalized spacial score (nSPS) is 21.4. The second kappa shape index (κ2) is 4.18. The number of aryl methyl sites for hydroxylation is 1. The van der Waals surface area contributed by atoms with Crippen LogP contribution in [0.4, 0.5) is 4.39 Å². The Hall–Kier alpha value is -1.66. The predicted molar refractivity (Wildman–Crippen MR) is 69.7 cm³/mol. The van der Waals surface area contributed by atoms with E-state index in [4.69, 9.17) is 0 Å². The third kappa shape index (κ3) is 1.87. The van der Waals surface area contributed by atoms with Crippen LogP contribution in [0.2, 0.25) is 0 Å². The summed E-state index contributed by atoms with van der Waals surface area (Å²) in [5.41, 5.74) is -0.676. The van der Waals surface area contributed by atoms with Gasteiger partial charge in [0.25, 0.3) is 5.56 Å². The molecule has 1 aromatic heterocycles. The van der Waals surface area contributed by atoms with Gasteiger partial charge in [0.15, 0.2) is 10.9 Å². The van der Waals surface area contributed by atoms with Crippen molar-refractivity contribution in [1.82, 2.24) is 9.55 Å². The van der Waals surface area contributed by atoms with Gasteiger partial charge in [-0.1, -0.05) is 23.9 Å². The van der Waals surface area contributed by atoms with Crippen molar-refractivity contribution in [3.8, 4) is 0 Å². The molecule has 19 heavy (non-hydrogen) atoms. The van der Waals surface area contributed by atoms with Gasteiger partial charge in [0.05, 0.1) is 5.75 Å². The molecular weight excluding hydrogens is 267 g/mol. The highest BCUT2D eigenvalue weighted by molar-refractivity contribution is 7.99. The highest BCUT2D eigenvalue weighted by Crippen LogP contribution is 2.37. The Bertz CT molecular complexity index is 699. The Morgan fingerprint density at radius 1 is 1.42 bits per heavy atom. The minimum Gasteiger partial charge on any atom is -0.366 e. The number of rotatable bonds is 1. The maximum atomic E-state index is 13.0. The molecule has 1 aliphatic rings. The lowest BCUT2D eigenvalue weighted by molar-refractivity contribution is 0.0236. The van der Waals surface area contributed by atoms with Gasteiger partial charge < -0.3 is 5.11 Å². The molecule has 0 spiro atoms. The highest BCUT2D eigenvalue weighted by atomic mass is 32.2. The number of halogens is 1. The fourth-order valence-electron chi connectivity index (χ4n) is 2.17. The van der Waals surface area contributed by atoms with Crippen LogP contribution in [-0.2, 0) is 5.72 Å². The smallest absolute Gasteiger partial charge is 0.257 e. The first kappa shape index (κ1) is 12.4. The molecule has 0 amide bonds. The monoisotopic (exact) mass is 278 g/mol. The minimum absolute atomic E-state index is 0.282. The number of thioether (sulfide) groups is 1. The number of fused-ring (bicyclic) bond motifs is 1. The molecule has 0 bridgehead atoms. The average Bonchev–Trinajstić information content (AvgIpc) is 2.69. The van der Waals surface area contributed by atoms with Crippen molar-refractivity contribution in [1.29, 1.82) is 0 Å². The van der Waals surface area contributed by atoms with Gasteiger partial charge in [0.2, 0.25) is 0 Å². The van der Waals surface area contributed by atoms with E-state index in [1.807, 2.05) is 0 Å². The SMILES string of the molecule is Cc1cc(=O)n2c(n1)SCC2(O)c1ccc(F)cc1. The summed E-state index contributed by atoms with van der Waals surface area (Å²) in [6, 6.07) is 6.88. The van der Waals surface area contributed by atoms with E-state index in [9.17, 15) is 14.3 Å². The topological polar surface area (TPSA) is 55.1 Å². The fourth-order valence-corrected chi connectivity index (χ4v) is 3.37. The lowest BCUT2D eigenvalue weighted by Crippen LogP contribution is -2.41. The van der Waals surface area contributed by atoms with Crippen LogP contribution in [0, 0.1) is 12.7 Å². The molecule has 0 saturated heterocycles. The van der Waals surface area contributed by atoms with Crippen molar-refractivity contribution in [3.05, 3.63) is 57.8 Å². The summed E-state index contributed by atoms with van der Waals surface area (Å²) in [5.74, 6) is -0.0998. The van der Waals surface area contributed by atoms with Crippen molar-refractivity contribution in [2.24, 2.45) is 0 Å². The first-order valence-electron chi connectivity index (χ1n) is 5.73. The number of hydrogen-bond acceptors (Lipinski definition) is 4. The van der Waals surface area contributed by atoms with E-state index in [1.165, 1.54) is 46.7 Å². The number of aliphatic hydroxyl groups is 1. The third-order valence-electron chi connectivity index (χ3n) is 3.10. The summed E-state index contributed by atoms with van der Waals surface area (Å²) in [6.45, 7) is 1.73. The zero-order valence-corrected chi connectivity index (χ0v) is 10.9. The number of aromatic nitrogens is 2. The zero-order valence-electron chi connectivity index (χ0n) is 10.1. The third-order valence-corrected chi connectivity index (χ3v) is 4.17. The van der Waals surface area contributed by atoms with E-state index in [1.54, 1.807) is 6.92 Å². The molecule has 0 radical (unpaired) electrons. The number of hydrogen-bond donors (Lipinski definition) is 1. The number of benzene rings is 1. The van der Waals surface area contributed by atoms with Crippen molar-refractivity contribution in [2.45, 2.75) is 17.8 Å². The van der Waals surface area contributed by atoms with Crippen LogP contribution in [0.3, 0.4) is 0 Å². The molecule has 0 aliphatic carbocycles. The summed E-state index contributed by atoms with van der Waals surface area (Å²) < 4.78 is 14.2. The Morgan fingerprint density at radius 2 is 2.11 bits per heavy atom. The van der Waals surface area contributed by atoms with Crippen molar-refractivity contribution in [3.63, 3.8) is 0 Å². The molecule has 1 unspecified atom stereocenters. The first-order chi connectivity index (χ1) is 9.00. The zero-order chi connectivity index (χ0) is 13.6. The second-order valence-corrected chi connectivity index (χ2v) is 5.41. The molecule has 1 aromatic carbocycles. The summed E-state index contributed by atoms with van der Waals surface area (Å²) in [6.07, 6.45) is 0. The van der Waals surface area contributed by atoms with Crippen molar-refractivity contribution >= 4 is 11.8 Å². The quantitative estimate of drug-likeness (QED) is 0.803. The van der Waals surface area contributed by atoms with E-state index in [2.05, 4.69) is 4.98 Å². The van der Waals surface area contributed by atoms with Gasteiger partial charge in [-0.25, -0.2) is 9.37 Å². The first-order valence-corrected chi connectivity index (χ1v) is 6.72. The summed E-state index contributed by atoms with van der Waals surface area (Å²) >= 11 is 1.31. The molecule has 4 nitrogen and oxygen atoms in total. The molecule has 98 valence electrons. The summed E-state index contributed by atoms with van der Waals surface area (Å²) in [4.78, 5) is 16.3. The van der Waals surface area contributed by atoms with Gasteiger partial charge >= 0.3 is 0 Å². The molecule has 0 fully saturated rings. The van der Waals surface area contributed by atoms with Crippen molar-refractivity contribution < 1.29 is 9.50 Å². The molecule has 1 atom stereocenters. The lowest BCUT2D eigenvalue weighted by Gasteiger charge is -2.24. The van der Waals surface area contributed by atoms with E-state index in [0.717, 1.165) is 0 Å².